The third-order valence-electron chi connectivity index (χ3n) is 2.48. The van der Waals surface area contributed by atoms with E-state index < -0.39 is 32.2 Å². The van der Waals surface area contributed by atoms with Crippen LogP contribution >= 0.6 is 0 Å². The van der Waals surface area contributed by atoms with Crippen molar-refractivity contribution in [3.05, 3.63) is 23.8 Å². The number of sulfonamides is 1. The van der Waals surface area contributed by atoms with Crippen molar-refractivity contribution in [1.29, 1.82) is 0 Å². The van der Waals surface area contributed by atoms with E-state index in [4.69, 9.17) is 5.73 Å². The molecule has 1 aromatic carbocycles. The standard InChI is InChI=1S/C10H14F2N2O2S/c1-6(2)14(3)17(15,16)8-5-4-7(11)10(13)9(8)12/h4-6H,13H2,1-3H3. The van der Waals surface area contributed by atoms with Crippen molar-refractivity contribution < 1.29 is 17.2 Å². The molecule has 17 heavy (non-hydrogen) atoms. The Labute approximate surface area is 99.1 Å². The molecule has 0 bridgehead atoms. The van der Waals surface area contributed by atoms with Gasteiger partial charge >= 0.3 is 0 Å². The van der Waals surface area contributed by atoms with E-state index in [0.29, 0.717) is 0 Å². The van der Waals surface area contributed by atoms with Gasteiger partial charge in [-0.05, 0) is 26.0 Å². The van der Waals surface area contributed by atoms with Crippen molar-refractivity contribution in [2.24, 2.45) is 0 Å². The van der Waals surface area contributed by atoms with E-state index in [9.17, 15) is 17.2 Å². The number of halogens is 2. The van der Waals surface area contributed by atoms with Crippen LogP contribution in [0, 0.1) is 11.6 Å². The van der Waals surface area contributed by atoms with Crippen LogP contribution in [0.4, 0.5) is 14.5 Å². The topological polar surface area (TPSA) is 63.4 Å². The van der Waals surface area contributed by atoms with E-state index in [2.05, 4.69) is 0 Å². The van der Waals surface area contributed by atoms with Gasteiger partial charge in [-0.3, -0.25) is 0 Å². The van der Waals surface area contributed by atoms with Gasteiger partial charge in [-0.15, -0.1) is 0 Å². The molecule has 1 aromatic rings. The van der Waals surface area contributed by atoms with E-state index in [1.807, 2.05) is 0 Å². The smallest absolute Gasteiger partial charge is 0.246 e. The molecule has 0 radical (unpaired) electrons. The first-order valence-corrected chi connectivity index (χ1v) is 6.35. The van der Waals surface area contributed by atoms with Crippen molar-refractivity contribution in [2.75, 3.05) is 12.8 Å². The van der Waals surface area contributed by atoms with E-state index in [1.54, 1.807) is 13.8 Å². The zero-order chi connectivity index (χ0) is 13.4. The predicted octanol–water partition coefficient (Wildman–Crippen LogP) is 1.58. The van der Waals surface area contributed by atoms with Gasteiger partial charge in [0.15, 0.2) is 5.82 Å². The fourth-order valence-corrected chi connectivity index (χ4v) is 2.62. The molecule has 0 aliphatic heterocycles. The van der Waals surface area contributed by atoms with Crippen LogP contribution in [-0.4, -0.2) is 25.8 Å². The second-order valence-corrected chi connectivity index (χ2v) is 5.85. The molecule has 0 saturated carbocycles. The summed E-state index contributed by atoms with van der Waals surface area (Å²) < 4.78 is 51.5. The van der Waals surface area contributed by atoms with Crippen LogP contribution in [0.15, 0.2) is 17.0 Å². The van der Waals surface area contributed by atoms with Gasteiger partial charge in [0, 0.05) is 13.1 Å². The highest BCUT2D eigenvalue weighted by atomic mass is 32.2. The van der Waals surface area contributed by atoms with Crippen LogP contribution in [0.25, 0.3) is 0 Å². The third-order valence-corrected chi connectivity index (χ3v) is 4.53. The number of nitrogens with zero attached hydrogens (tertiary/aromatic N) is 1. The number of anilines is 1. The lowest BCUT2D eigenvalue weighted by atomic mass is 10.3. The minimum atomic E-state index is -4.00. The van der Waals surface area contributed by atoms with Crippen molar-refractivity contribution >= 4 is 15.7 Å². The van der Waals surface area contributed by atoms with Gasteiger partial charge in [-0.1, -0.05) is 0 Å². The molecule has 0 unspecified atom stereocenters. The zero-order valence-electron chi connectivity index (χ0n) is 9.74. The number of nitrogen functional groups attached to an aromatic ring is 1. The molecule has 7 heteroatoms. The van der Waals surface area contributed by atoms with Crippen LogP contribution in [0.3, 0.4) is 0 Å². The molecule has 0 aromatic heterocycles. The SMILES string of the molecule is CC(C)N(C)S(=O)(=O)c1ccc(F)c(N)c1F. The van der Waals surface area contributed by atoms with Crippen molar-refractivity contribution in [3.63, 3.8) is 0 Å². The van der Waals surface area contributed by atoms with Crippen molar-refractivity contribution in [2.45, 2.75) is 24.8 Å². The molecule has 0 aliphatic carbocycles. The first-order valence-electron chi connectivity index (χ1n) is 4.91. The summed E-state index contributed by atoms with van der Waals surface area (Å²) in [6.07, 6.45) is 0. The maximum absolute atomic E-state index is 13.6. The molecule has 96 valence electrons. The highest BCUT2D eigenvalue weighted by molar-refractivity contribution is 7.89. The normalized spacial score (nSPS) is 12.4. The summed E-state index contributed by atoms with van der Waals surface area (Å²) >= 11 is 0. The summed E-state index contributed by atoms with van der Waals surface area (Å²) in [5, 5.41) is 0. The number of nitrogens with two attached hydrogens (primary N) is 1. The molecule has 0 atom stereocenters. The highest BCUT2D eigenvalue weighted by Gasteiger charge is 2.28. The fourth-order valence-electron chi connectivity index (χ4n) is 1.18. The maximum Gasteiger partial charge on any atom is 0.246 e. The molecular weight excluding hydrogens is 250 g/mol. The van der Waals surface area contributed by atoms with Crippen LogP contribution in [0.5, 0.6) is 0 Å². The second kappa shape index (κ2) is 4.58. The quantitative estimate of drug-likeness (QED) is 0.843. The van der Waals surface area contributed by atoms with Gasteiger partial charge in [0.1, 0.15) is 16.4 Å². The second-order valence-electron chi connectivity index (χ2n) is 3.89. The van der Waals surface area contributed by atoms with Gasteiger partial charge < -0.3 is 5.73 Å². The van der Waals surface area contributed by atoms with E-state index in [0.717, 1.165) is 16.4 Å². The molecule has 0 saturated heterocycles. The molecule has 0 fully saturated rings. The molecule has 1 rings (SSSR count). The summed E-state index contributed by atoms with van der Waals surface area (Å²) in [5.74, 6) is -2.23. The minimum absolute atomic E-state index is 0.342. The predicted molar refractivity (Wildman–Crippen MR) is 60.9 cm³/mol. The number of benzene rings is 1. The van der Waals surface area contributed by atoms with Gasteiger partial charge in [-0.25, -0.2) is 17.2 Å². The van der Waals surface area contributed by atoms with E-state index in [-0.39, 0.29) is 6.04 Å². The summed E-state index contributed by atoms with van der Waals surface area (Å²) in [5.41, 5.74) is 4.33. The Morgan fingerprint density at radius 1 is 1.29 bits per heavy atom. The Balaban J connectivity index is 3.41. The van der Waals surface area contributed by atoms with Crippen molar-refractivity contribution in [3.8, 4) is 0 Å². The summed E-state index contributed by atoms with van der Waals surface area (Å²) in [6.45, 7) is 3.28. The molecule has 4 nitrogen and oxygen atoms in total. The van der Waals surface area contributed by atoms with Crippen LogP contribution in [0.2, 0.25) is 0 Å². The Bertz CT molecular complexity index is 529. The Morgan fingerprint density at radius 2 is 1.82 bits per heavy atom. The lowest BCUT2D eigenvalue weighted by Crippen LogP contribution is -2.33. The minimum Gasteiger partial charge on any atom is -0.394 e. The first-order chi connectivity index (χ1) is 7.69. The maximum atomic E-state index is 13.6. The average molecular weight is 264 g/mol. The van der Waals surface area contributed by atoms with Gasteiger partial charge in [-0.2, -0.15) is 4.31 Å². The zero-order valence-corrected chi connectivity index (χ0v) is 10.6. The summed E-state index contributed by atoms with van der Waals surface area (Å²) in [7, 11) is -2.68. The van der Waals surface area contributed by atoms with Crippen LogP contribution in [0.1, 0.15) is 13.8 Å². The van der Waals surface area contributed by atoms with Crippen LogP contribution < -0.4 is 5.73 Å². The number of hydrogen-bond acceptors (Lipinski definition) is 3. The number of rotatable bonds is 3. The largest absolute Gasteiger partial charge is 0.394 e. The third kappa shape index (κ3) is 2.39. The lowest BCUT2D eigenvalue weighted by molar-refractivity contribution is 0.407. The van der Waals surface area contributed by atoms with E-state index in [1.165, 1.54) is 7.05 Å². The monoisotopic (exact) mass is 264 g/mol. The fraction of sp³-hybridized carbons (Fsp3) is 0.400. The van der Waals surface area contributed by atoms with Gasteiger partial charge in [0.05, 0.1) is 0 Å². The average Bonchev–Trinajstić information content (AvgIpc) is 2.24. The van der Waals surface area contributed by atoms with Crippen molar-refractivity contribution in [1.82, 2.24) is 4.31 Å². The number of hydrogen-bond donors (Lipinski definition) is 1. The highest BCUT2D eigenvalue weighted by Crippen LogP contribution is 2.25. The first kappa shape index (κ1) is 13.9. The van der Waals surface area contributed by atoms with Gasteiger partial charge in [0.25, 0.3) is 0 Å². The molecule has 2 N–H and O–H groups in total. The van der Waals surface area contributed by atoms with Gasteiger partial charge in [0.2, 0.25) is 10.0 Å². The Morgan fingerprint density at radius 3 is 2.29 bits per heavy atom. The molecule has 0 amide bonds. The summed E-state index contributed by atoms with van der Waals surface area (Å²) in [4.78, 5) is -0.618. The Hall–Kier alpha value is -1.21. The lowest BCUT2D eigenvalue weighted by Gasteiger charge is -2.21. The summed E-state index contributed by atoms with van der Waals surface area (Å²) in [6, 6.07) is 1.36. The molecular formula is C10H14F2N2O2S. The molecule has 0 aliphatic rings. The molecule has 0 heterocycles. The Kier molecular flexibility index (Phi) is 3.73. The van der Waals surface area contributed by atoms with E-state index >= 15 is 0 Å². The molecule has 0 spiro atoms. The van der Waals surface area contributed by atoms with Crippen LogP contribution in [-0.2, 0) is 10.0 Å².